The Labute approximate surface area is 208 Å². The van der Waals surface area contributed by atoms with Gasteiger partial charge in [-0.05, 0) is 74.9 Å². The normalized spacial score (nSPS) is 16.3. The van der Waals surface area contributed by atoms with Gasteiger partial charge in [0.25, 0.3) is 0 Å². The number of carbonyl (C=O) groups is 2. The fourth-order valence-electron chi connectivity index (χ4n) is 4.91. The van der Waals surface area contributed by atoms with Crippen molar-refractivity contribution in [3.8, 4) is 0 Å². The van der Waals surface area contributed by atoms with E-state index in [1.165, 1.54) is 0 Å². The van der Waals surface area contributed by atoms with Gasteiger partial charge in [0.05, 0.1) is 6.04 Å². The first kappa shape index (κ1) is 26.4. The summed E-state index contributed by atoms with van der Waals surface area (Å²) in [7, 11) is 0. The minimum absolute atomic E-state index is 0.112. The maximum absolute atomic E-state index is 12.9. The SMILES string of the molecule is Cc1cc(COC(=O)N2CCN(C(=O)OCc3cc(C)nc(C)c3C(C)(C)C)[C@@H](C)C2)cc(C)n1. The number of amides is 2. The van der Waals surface area contributed by atoms with Gasteiger partial charge in [0.2, 0.25) is 0 Å². The van der Waals surface area contributed by atoms with Gasteiger partial charge in [-0.25, -0.2) is 9.59 Å². The van der Waals surface area contributed by atoms with E-state index in [0.29, 0.717) is 19.6 Å². The van der Waals surface area contributed by atoms with Crippen LogP contribution >= 0.6 is 0 Å². The lowest BCUT2D eigenvalue weighted by molar-refractivity contribution is 0.0364. The molecular formula is C27H38N4O4. The van der Waals surface area contributed by atoms with Crippen LogP contribution in [0.2, 0.25) is 0 Å². The summed E-state index contributed by atoms with van der Waals surface area (Å²) in [6.45, 7) is 17.7. The summed E-state index contributed by atoms with van der Waals surface area (Å²) in [5, 5.41) is 0. The van der Waals surface area contributed by atoms with Crippen LogP contribution in [0.1, 0.15) is 67.2 Å². The van der Waals surface area contributed by atoms with E-state index in [0.717, 1.165) is 39.5 Å². The Morgan fingerprint density at radius 3 is 2.11 bits per heavy atom. The zero-order chi connectivity index (χ0) is 25.9. The Morgan fingerprint density at radius 2 is 1.51 bits per heavy atom. The van der Waals surface area contributed by atoms with E-state index in [-0.39, 0.29) is 36.9 Å². The first-order chi connectivity index (χ1) is 16.3. The van der Waals surface area contributed by atoms with Gasteiger partial charge in [-0.15, -0.1) is 0 Å². The van der Waals surface area contributed by atoms with Crippen LogP contribution < -0.4 is 0 Å². The van der Waals surface area contributed by atoms with Crippen molar-refractivity contribution < 1.29 is 19.1 Å². The zero-order valence-electron chi connectivity index (χ0n) is 22.3. The minimum atomic E-state index is -0.380. The fourth-order valence-corrected chi connectivity index (χ4v) is 4.91. The maximum Gasteiger partial charge on any atom is 0.410 e. The molecule has 2 amide bonds. The second kappa shape index (κ2) is 10.6. The van der Waals surface area contributed by atoms with E-state index in [2.05, 4.69) is 30.7 Å². The highest BCUT2D eigenvalue weighted by Gasteiger charge is 2.32. The molecule has 1 fully saturated rings. The topological polar surface area (TPSA) is 84.9 Å². The third-order valence-electron chi connectivity index (χ3n) is 6.14. The molecular weight excluding hydrogens is 444 g/mol. The number of aromatic nitrogens is 2. The number of ether oxygens (including phenoxy) is 2. The van der Waals surface area contributed by atoms with Gasteiger partial charge in [0.1, 0.15) is 13.2 Å². The Balaban J connectivity index is 1.56. The average molecular weight is 483 g/mol. The van der Waals surface area contributed by atoms with Gasteiger partial charge >= 0.3 is 12.2 Å². The van der Waals surface area contributed by atoms with Gasteiger partial charge in [0, 0.05) is 42.4 Å². The van der Waals surface area contributed by atoms with Crippen molar-refractivity contribution in [3.05, 3.63) is 57.7 Å². The third-order valence-corrected chi connectivity index (χ3v) is 6.14. The first-order valence-corrected chi connectivity index (χ1v) is 12.1. The standard InChI is InChI=1S/C27H38N4O4/c1-17-11-22(12-18(2)28-17)15-34-25(32)30-9-10-31(20(4)14-30)26(33)35-16-23-13-19(3)29-21(5)24(23)27(6,7)8/h11-13,20H,9-10,14-16H2,1-8H3/t20-/m0/s1. The van der Waals surface area contributed by atoms with Crippen LogP contribution in [0.25, 0.3) is 0 Å². The Bertz CT molecular complexity index is 1070. The molecule has 2 aromatic heterocycles. The number of rotatable bonds is 4. The highest BCUT2D eigenvalue weighted by molar-refractivity contribution is 5.70. The number of hydrogen-bond acceptors (Lipinski definition) is 6. The van der Waals surface area contributed by atoms with E-state index in [1.807, 2.05) is 52.8 Å². The molecule has 1 aliphatic heterocycles. The number of aryl methyl sites for hydroxylation is 4. The maximum atomic E-state index is 12.9. The van der Waals surface area contributed by atoms with Gasteiger partial charge in [-0.3, -0.25) is 9.97 Å². The van der Waals surface area contributed by atoms with E-state index in [9.17, 15) is 9.59 Å². The summed E-state index contributed by atoms with van der Waals surface area (Å²) >= 11 is 0. The quantitative estimate of drug-likeness (QED) is 0.611. The van der Waals surface area contributed by atoms with Crippen LogP contribution in [-0.4, -0.2) is 57.6 Å². The Morgan fingerprint density at radius 1 is 0.914 bits per heavy atom. The monoisotopic (exact) mass is 482 g/mol. The molecule has 3 heterocycles. The molecule has 0 aromatic carbocycles. The number of piperazine rings is 1. The molecule has 1 saturated heterocycles. The molecule has 0 N–H and O–H groups in total. The lowest BCUT2D eigenvalue weighted by Gasteiger charge is -2.38. The van der Waals surface area contributed by atoms with Crippen molar-refractivity contribution >= 4 is 12.2 Å². The molecule has 8 heteroatoms. The Hall–Kier alpha value is -3.16. The van der Waals surface area contributed by atoms with Crippen molar-refractivity contribution in [2.24, 2.45) is 0 Å². The van der Waals surface area contributed by atoms with Crippen molar-refractivity contribution in [1.82, 2.24) is 19.8 Å². The molecule has 8 nitrogen and oxygen atoms in total. The molecule has 35 heavy (non-hydrogen) atoms. The molecule has 0 aliphatic carbocycles. The molecule has 0 saturated carbocycles. The van der Waals surface area contributed by atoms with Crippen LogP contribution in [0.4, 0.5) is 9.59 Å². The van der Waals surface area contributed by atoms with Gasteiger partial charge in [0.15, 0.2) is 0 Å². The van der Waals surface area contributed by atoms with Gasteiger partial charge in [-0.1, -0.05) is 20.8 Å². The molecule has 190 valence electrons. The summed E-state index contributed by atoms with van der Waals surface area (Å²) in [6, 6.07) is 5.63. The molecule has 0 spiro atoms. The number of carbonyl (C=O) groups excluding carboxylic acids is 2. The van der Waals surface area contributed by atoms with Crippen molar-refractivity contribution in [2.75, 3.05) is 19.6 Å². The predicted molar refractivity (Wildman–Crippen MR) is 134 cm³/mol. The molecule has 2 aromatic rings. The summed E-state index contributed by atoms with van der Waals surface area (Å²) in [4.78, 5) is 37.8. The number of hydrogen-bond donors (Lipinski definition) is 0. The van der Waals surface area contributed by atoms with Crippen molar-refractivity contribution in [3.63, 3.8) is 0 Å². The largest absolute Gasteiger partial charge is 0.445 e. The lowest BCUT2D eigenvalue weighted by Crippen LogP contribution is -2.55. The second-order valence-electron chi connectivity index (χ2n) is 10.5. The summed E-state index contributed by atoms with van der Waals surface area (Å²) in [6.07, 6.45) is -0.755. The zero-order valence-corrected chi connectivity index (χ0v) is 22.3. The molecule has 3 rings (SSSR count). The van der Waals surface area contributed by atoms with E-state index in [4.69, 9.17) is 9.47 Å². The molecule has 0 bridgehead atoms. The molecule has 1 atom stereocenters. The van der Waals surface area contributed by atoms with Crippen molar-refractivity contribution in [1.29, 1.82) is 0 Å². The third kappa shape index (κ3) is 6.71. The van der Waals surface area contributed by atoms with Gasteiger partial charge in [-0.2, -0.15) is 0 Å². The summed E-state index contributed by atoms with van der Waals surface area (Å²) in [5.74, 6) is 0. The van der Waals surface area contributed by atoms with Crippen molar-refractivity contribution in [2.45, 2.75) is 80.1 Å². The van der Waals surface area contributed by atoms with Crippen LogP contribution in [0.3, 0.4) is 0 Å². The molecule has 1 aliphatic rings. The van der Waals surface area contributed by atoms with E-state index >= 15 is 0 Å². The predicted octanol–water partition coefficient (Wildman–Crippen LogP) is 4.99. The molecule has 0 radical (unpaired) electrons. The first-order valence-electron chi connectivity index (χ1n) is 12.1. The van der Waals surface area contributed by atoms with Crippen LogP contribution in [-0.2, 0) is 28.1 Å². The highest BCUT2D eigenvalue weighted by atomic mass is 16.6. The van der Waals surface area contributed by atoms with Crippen LogP contribution in [0.5, 0.6) is 0 Å². The Kier molecular flexibility index (Phi) is 8.03. The van der Waals surface area contributed by atoms with E-state index in [1.54, 1.807) is 9.80 Å². The van der Waals surface area contributed by atoms with Gasteiger partial charge < -0.3 is 19.3 Å². The second-order valence-corrected chi connectivity index (χ2v) is 10.5. The average Bonchev–Trinajstić information content (AvgIpc) is 2.73. The molecule has 0 unspecified atom stereocenters. The summed E-state index contributed by atoms with van der Waals surface area (Å²) in [5.41, 5.74) is 6.53. The highest BCUT2D eigenvalue weighted by Crippen LogP contribution is 2.29. The van der Waals surface area contributed by atoms with E-state index < -0.39 is 0 Å². The smallest absolute Gasteiger partial charge is 0.410 e. The van der Waals surface area contributed by atoms with Crippen LogP contribution in [0.15, 0.2) is 18.2 Å². The number of pyridine rings is 2. The summed E-state index contributed by atoms with van der Waals surface area (Å²) < 4.78 is 11.2. The minimum Gasteiger partial charge on any atom is -0.445 e. The lowest BCUT2D eigenvalue weighted by atomic mass is 9.82. The fraction of sp³-hybridized carbons (Fsp3) is 0.556. The van der Waals surface area contributed by atoms with Crippen LogP contribution in [0, 0.1) is 27.7 Å². The number of nitrogens with zero attached hydrogens (tertiary/aromatic N) is 4.